The third kappa shape index (κ3) is 5.28. The first-order valence-electron chi connectivity index (χ1n) is 11.3. The van der Waals surface area contributed by atoms with Gasteiger partial charge in [0.25, 0.3) is 0 Å². The molecular weight excluding hydrogens is 432 g/mol. The molecule has 3 N–H and O–H groups in total. The Balaban J connectivity index is 1.44. The second-order valence-electron chi connectivity index (χ2n) is 8.79. The Morgan fingerprint density at radius 1 is 1.21 bits per heavy atom. The van der Waals surface area contributed by atoms with Gasteiger partial charge in [0.15, 0.2) is 0 Å². The van der Waals surface area contributed by atoms with Gasteiger partial charge in [-0.15, -0.1) is 0 Å². The van der Waals surface area contributed by atoms with Crippen LogP contribution in [0.5, 0.6) is 5.75 Å². The molecule has 8 nitrogen and oxygen atoms in total. The maximum absolute atomic E-state index is 13.4. The van der Waals surface area contributed by atoms with E-state index in [-0.39, 0.29) is 31.3 Å². The van der Waals surface area contributed by atoms with Crippen molar-refractivity contribution in [2.24, 2.45) is 0 Å². The first kappa shape index (κ1) is 23.5. The van der Waals surface area contributed by atoms with E-state index in [9.17, 15) is 14.7 Å². The van der Waals surface area contributed by atoms with Crippen LogP contribution in [-0.2, 0) is 28.0 Å². The van der Waals surface area contributed by atoms with Crippen LogP contribution < -0.4 is 10.1 Å². The number of ether oxygens (including phenoxy) is 1. The molecule has 1 fully saturated rings. The van der Waals surface area contributed by atoms with E-state index in [1.807, 2.05) is 55.5 Å². The van der Waals surface area contributed by atoms with Crippen molar-refractivity contribution < 1.29 is 19.4 Å². The molecule has 1 aromatic heterocycles. The number of benzene rings is 2. The normalized spacial score (nSPS) is 15.3. The van der Waals surface area contributed by atoms with Crippen molar-refractivity contribution in [3.05, 3.63) is 83.4 Å². The number of rotatable bonds is 9. The highest BCUT2D eigenvalue weighted by Crippen LogP contribution is 2.34. The summed E-state index contributed by atoms with van der Waals surface area (Å²) < 4.78 is 5.21. The van der Waals surface area contributed by atoms with Gasteiger partial charge in [-0.05, 0) is 42.2 Å². The summed E-state index contributed by atoms with van der Waals surface area (Å²) in [4.78, 5) is 34.6. The van der Waals surface area contributed by atoms with E-state index in [0.717, 1.165) is 28.1 Å². The third-order valence-electron chi connectivity index (χ3n) is 6.27. The molecule has 0 bridgehead atoms. The summed E-state index contributed by atoms with van der Waals surface area (Å²) in [7, 11) is 1.60. The Morgan fingerprint density at radius 2 is 1.94 bits per heavy atom. The number of likely N-dealkylation sites (tertiary alicyclic amines) is 1. The van der Waals surface area contributed by atoms with E-state index in [4.69, 9.17) is 4.74 Å². The summed E-state index contributed by atoms with van der Waals surface area (Å²) >= 11 is 0. The van der Waals surface area contributed by atoms with Crippen LogP contribution in [0.3, 0.4) is 0 Å². The summed E-state index contributed by atoms with van der Waals surface area (Å²) in [6.07, 6.45) is 4.34. The molecule has 2 aromatic carbocycles. The highest BCUT2D eigenvalue weighted by Gasteiger charge is 2.47. The predicted molar refractivity (Wildman–Crippen MR) is 127 cm³/mol. The lowest BCUT2D eigenvalue weighted by Gasteiger charge is -2.48. The Bertz CT molecular complexity index is 1120. The van der Waals surface area contributed by atoms with E-state index in [1.54, 1.807) is 24.5 Å². The number of β-amino-alcohol motifs (C(OH)–C–C–N with tert-alkyl or cyclic N) is 1. The van der Waals surface area contributed by atoms with Gasteiger partial charge in [-0.3, -0.25) is 9.59 Å². The van der Waals surface area contributed by atoms with Crippen molar-refractivity contribution in [3.63, 3.8) is 0 Å². The van der Waals surface area contributed by atoms with Crippen molar-refractivity contribution in [3.8, 4) is 5.75 Å². The van der Waals surface area contributed by atoms with Gasteiger partial charge in [-0.1, -0.05) is 36.4 Å². The number of nitrogens with one attached hydrogen (secondary N) is 2. The van der Waals surface area contributed by atoms with Crippen LogP contribution in [0.25, 0.3) is 0 Å². The molecule has 1 saturated heterocycles. The Labute approximate surface area is 199 Å². The van der Waals surface area contributed by atoms with Crippen LogP contribution >= 0.6 is 0 Å². The standard InChI is InChI=1S/C26H30N4O4/c1-18-5-3-4-6-22(18)26(33)15-30(16-26)25(32)23(13-19-7-10-21(34-2)11-8-19)29-24(31)12-9-20-14-27-17-28-20/h3-8,10-11,14,17,23,33H,9,12-13,15-16H2,1-2H3,(H,27,28)(H,29,31). The first-order chi connectivity index (χ1) is 16.4. The zero-order chi connectivity index (χ0) is 24.1. The van der Waals surface area contributed by atoms with E-state index in [0.29, 0.717) is 12.8 Å². The van der Waals surface area contributed by atoms with Crippen LogP contribution in [0, 0.1) is 6.92 Å². The summed E-state index contributed by atoms with van der Waals surface area (Å²) in [5.74, 6) is 0.307. The van der Waals surface area contributed by atoms with Gasteiger partial charge in [0, 0.05) is 24.7 Å². The fourth-order valence-electron chi connectivity index (χ4n) is 4.36. The number of aliphatic hydroxyl groups is 1. The molecule has 178 valence electrons. The van der Waals surface area contributed by atoms with Gasteiger partial charge < -0.3 is 25.0 Å². The number of methoxy groups -OCH3 is 1. The van der Waals surface area contributed by atoms with Crippen LogP contribution in [0.1, 0.15) is 28.8 Å². The number of hydrogen-bond acceptors (Lipinski definition) is 5. The van der Waals surface area contributed by atoms with Crippen molar-refractivity contribution in [2.75, 3.05) is 20.2 Å². The van der Waals surface area contributed by atoms with Gasteiger partial charge in [0.2, 0.25) is 11.8 Å². The van der Waals surface area contributed by atoms with Crippen LogP contribution in [0.2, 0.25) is 0 Å². The average Bonchev–Trinajstić information content (AvgIpc) is 3.34. The van der Waals surface area contributed by atoms with E-state index in [2.05, 4.69) is 15.3 Å². The maximum Gasteiger partial charge on any atom is 0.245 e. The lowest BCUT2D eigenvalue weighted by atomic mass is 9.83. The molecule has 8 heteroatoms. The van der Waals surface area contributed by atoms with Crippen LogP contribution in [0.15, 0.2) is 61.1 Å². The highest BCUT2D eigenvalue weighted by atomic mass is 16.5. The zero-order valence-electron chi connectivity index (χ0n) is 19.5. The monoisotopic (exact) mass is 462 g/mol. The minimum absolute atomic E-state index is 0.194. The third-order valence-corrected chi connectivity index (χ3v) is 6.27. The van der Waals surface area contributed by atoms with Crippen molar-refractivity contribution >= 4 is 11.8 Å². The van der Waals surface area contributed by atoms with E-state index in [1.165, 1.54) is 0 Å². The number of imidazole rings is 1. The number of aromatic nitrogens is 2. The molecule has 1 aliphatic rings. The summed E-state index contributed by atoms with van der Waals surface area (Å²) in [6, 6.07) is 14.3. The SMILES string of the molecule is COc1ccc(CC(NC(=O)CCc2cnc[nH]2)C(=O)N2CC(O)(c3ccccc3C)C2)cc1. The molecule has 3 aromatic rings. The largest absolute Gasteiger partial charge is 0.497 e. The molecule has 0 radical (unpaired) electrons. The van der Waals surface area contributed by atoms with E-state index >= 15 is 0 Å². The van der Waals surface area contributed by atoms with Crippen LogP contribution in [0.4, 0.5) is 0 Å². The van der Waals surface area contributed by atoms with E-state index < -0.39 is 11.6 Å². The number of carbonyl (C=O) groups excluding carboxylic acids is 2. The molecule has 1 unspecified atom stereocenters. The molecule has 2 amide bonds. The number of amides is 2. The van der Waals surface area contributed by atoms with Crippen molar-refractivity contribution in [2.45, 2.75) is 37.8 Å². The Kier molecular flexibility index (Phi) is 6.98. The molecule has 1 aliphatic heterocycles. The molecule has 1 atom stereocenters. The molecule has 0 aliphatic carbocycles. The Morgan fingerprint density at radius 3 is 2.59 bits per heavy atom. The van der Waals surface area contributed by atoms with Gasteiger partial charge >= 0.3 is 0 Å². The highest BCUT2D eigenvalue weighted by molar-refractivity contribution is 5.88. The number of carbonyl (C=O) groups is 2. The number of H-pyrrole nitrogens is 1. The summed E-state index contributed by atoms with van der Waals surface area (Å²) in [6.45, 7) is 2.34. The first-order valence-corrected chi connectivity index (χ1v) is 11.3. The fraction of sp³-hybridized carbons (Fsp3) is 0.346. The fourth-order valence-corrected chi connectivity index (χ4v) is 4.36. The number of nitrogens with zero attached hydrogens (tertiary/aromatic N) is 2. The molecule has 4 rings (SSSR count). The lowest BCUT2D eigenvalue weighted by molar-refractivity contribution is -0.160. The summed E-state index contributed by atoms with van der Waals surface area (Å²) in [5.41, 5.74) is 2.51. The number of aromatic amines is 1. The molecule has 2 heterocycles. The van der Waals surface area contributed by atoms with Gasteiger partial charge in [-0.2, -0.15) is 0 Å². The minimum Gasteiger partial charge on any atom is -0.497 e. The van der Waals surface area contributed by atoms with Crippen molar-refractivity contribution in [1.29, 1.82) is 0 Å². The number of aryl methyl sites for hydroxylation is 2. The maximum atomic E-state index is 13.4. The Hall–Kier alpha value is -3.65. The molecule has 0 saturated carbocycles. The second-order valence-corrected chi connectivity index (χ2v) is 8.79. The molecular formula is C26H30N4O4. The average molecular weight is 463 g/mol. The smallest absolute Gasteiger partial charge is 0.245 e. The van der Waals surface area contributed by atoms with Gasteiger partial charge in [0.1, 0.15) is 17.4 Å². The zero-order valence-corrected chi connectivity index (χ0v) is 19.5. The lowest BCUT2D eigenvalue weighted by Crippen LogP contribution is -2.65. The summed E-state index contributed by atoms with van der Waals surface area (Å²) in [5, 5.41) is 14.0. The minimum atomic E-state index is -1.07. The molecule has 34 heavy (non-hydrogen) atoms. The topological polar surface area (TPSA) is 108 Å². The van der Waals surface area contributed by atoms with Crippen LogP contribution in [-0.4, -0.2) is 58.0 Å². The van der Waals surface area contributed by atoms with Gasteiger partial charge in [-0.25, -0.2) is 4.98 Å². The second kappa shape index (κ2) is 10.1. The number of hydrogen-bond donors (Lipinski definition) is 3. The molecule has 0 spiro atoms. The van der Waals surface area contributed by atoms with Gasteiger partial charge in [0.05, 0.1) is 26.5 Å². The van der Waals surface area contributed by atoms with Crippen molar-refractivity contribution in [1.82, 2.24) is 20.2 Å². The quantitative estimate of drug-likeness (QED) is 0.452. The predicted octanol–water partition coefficient (Wildman–Crippen LogP) is 2.12.